The molecule has 0 heterocycles. The third-order valence-electron chi connectivity index (χ3n) is 1.88. The van der Waals surface area contributed by atoms with Gasteiger partial charge in [0.2, 0.25) is 0 Å². The Morgan fingerprint density at radius 3 is 1.85 bits per heavy atom. The zero-order valence-electron chi connectivity index (χ0n) is 8.47. The van der Waals surface area contributed by atoms with Crippen LogP contribution in [0.3, 0.4) is 0 Å². The topological polar surface area (TPSA) is 40.1 Å². The van der Waals surface area contributed by atoms with E-state index < -0.39 is 5.97 Å². The molecule has 0 aliphatic heterocycles. The molecule has 0 fully saturated rings. The van der Waals surface area contributed by atoms with Crippen LogP contribution < -0.4 is 56.5 Å². The third-order valence-corrected chi connectivity index (χ3v) is 1.88. The van der Waals surface area contributed by atoms with E-state index in [1.807, 2.05) is 19.1 Å². The second kappa shape index (κ2) is 5.27. The van der Waals surface area contributed by atoms with Crippen molar-refractivity contribution in [3.8, 4) is 0 Å². The molecule has 0 aromatic heterocycles. The van der Waals surface area contributed by atoms with Crippen molar-refractivity contribution in [3.05, 3.63) is 34.4 Å². The molecule has 1 rings (SSSR count). The van der Waals surface area contributed by atoms with Gasteiger partial charge in [-0.1, -0.05) is 17.7 Å². The van der Waals surface area contributed by atoms with Gasteiger partial charge >= 0.3 is 51.4 Å². The summed E-state index contributed by atoms with van der Waals surface area (Å²) in [4.78, 5) is 10.6. The fourth-order valence-corrected chi connectivity index (χ4v) is 1.50. The fraction of sp³-hybridized carbons (Fsp3) is 0.300. The van der Waals surface area contributed by atoms with Crippen LogP contribution in [-0.2, 0) is 0 Å². The van der Waals surface area contributed by atoms with Crippen LogP contribution in [0.4, 0.5) is 0 Å². The molecule has 0 N–H and O–H groups in total. The largest absolute Gasteiger partial charge is 1.00 e. The van der Waals surface area contributed by atoms with Gasteiger partial charge in [-0.15, -0.1) is 0 Å². The van der Waals surface area contributed by atoms with Crippen molar-refractivity contribution in [1.29, 1.82) is 0 Å². The van der Waals surface area contributed by atoms with Gasteiger partial charge in [-0.25, -0.2) is 0 Å². The predicted molar refractivity (Wildman–Crippen MR) is 45.0 cm³/mol. The minimum atomic E-state index is -1.09. The Labute approximate surface area is 121 Å². The molecule has 3 heteroatoms. The maximum absolute atomic E-state index is 10.6. The van der Waals surface area contributed by atoms with E-state index in [0.29, 0.717) is 5.56 Å². The summed E-state index contributed by atoms with van der Waals surface area (Å²) in [6.07, 6.45) is 0. The number of rotatable bonds is 1. The smallest absolute Gasteiger partial charge is 0.545 e. The average molecular weight is 202 g/mol. The van der Waals surface area contributed by atoms with Crippen LogP contribution in [0.2, 0.25) is 0 Å². The predicted octanol–water partition coefficient (Wildman–Crippen LogP) is -2.02. The standard InChI is InChI=1S/C10H12O2.K/c1-6-4-7(2)9(10(11)12)8(3)5-6;/h4-5H,1-3H3,(H,11,12);/q;+1/p-1. The van der Waals surface area contributed by atoms with Crippen molar-refractivity contribution in [1.82, 2.24) is 0 Å². The van der Waals surface area contributed by atoms with E-state index >= 15 is 0 Å². The molecule has 0 aliphatic rings. The van der Waals surface area contributed by atoms with Gasteiger partial charge < -0.3 is 9.90 Å². The maximum atomic E-state index is 10.6. The van der Waals surface area contributed by atoms with E-state index in [0.717, 1.165) is 16.7 Å². The number of hydrogen-bond acceptors (Lipinski definition) is 2. The Balaban J connectivity index is 0.00000144. The number of hydrogen-bond donors (Lipinski definition) is 0. The van der Waals surface area contributed by atoms with E-state index in [1.54, 1.807) is 13.8 Å². The average Bonchev–Trinajstić information content (AvgIpc) is 1.82. The SMILES string of the molecule is Cc1cc(C)c(C(=O)[O-])c(C)c1.[K+]. The van der Waals surface area contributed by atoms with Gasteiger partial charge in [0, 0.05) is 5.56 Å². The monoisotopic (exact) mass is 202 g/mol. The van der Waals surface area contributed by atoms with Gasteiger partial charge in [0.25, 0.3) is 0 Å². The summed E-state index contributed by atoms with van der Waals surface area (Å²) in [7, 11) is 0. The molecule has 0 saturated heterocycles. The molecule has 0 bridgehead atoms. The molecule has 0 saturated carbocycles. The van der Waals surface area contributed by atoms with Crippen molar-refractivity contribution < 1.29 is 61.3 Å². The number of carboxylic acid groups (broad SMARTS) is 1. The summed E-state index contributed by atoms with van der Waals surface area (Å²) in [6, 6.07) is 3.69. The van der Waals surface area contributed by atoms with Gasteiger partial charge in [-0.05, 0) is 31.9 Å². The Bertz CT molecular complexity index is 309. The van der Waals surface area contributed by atoms with Crippen LogP contribution >= 0.6 is 0 Å². The van der Waals surface area contributed by atoms with Crippen LogP contribution in [0.25, 0.3) is 0 Å². The number of benzene rings is 1. The summed E-state index contributed by atoms with van der Waals surface area (Å²) in [5.74, 6) is -1.09. The van der Waals surface area contributed by atoms with Gasteiger partial charge in [-0.3, -0.25) is 0 Å². The van der Waals surface area contributed by atoms with Gasteiger partial charge in [0.1, 0.15) is 0 Å². The second-order valence-electron chi connectivity index (χ2n) is 3.06. The Morgan fingerprint density at radius 2 is 1.54 bits per heavy atom. The number of aryl methyl sites for hydroxylation is 3. The fourth-order valence-electron chi connectivity index (χ4n) is 1.50. The van der Waals surface area contributed by atoms with Crippen LogP contribution in [0, 0.1) is 20.8 Å². The van der Waals surface area contributed by atoms with E-state index in [2.05, 4.69) is 0 Å². The summed E-state index contributed by atoms with van der Waals surface area (Å²) in [6.45, 7) is 5.51. The van der Waals surface area contributed by atoms with Crippen molar-refractivity contribution in [3.63, 3.8) is 0 Å². The molecule has 0 atom stereocenters. The number of aromatic carboxylic acids is 1. The van der Waals surface area contributed by atoms with E-state index in [9.17, 15) is 9.90 Å². The van der Waals surface area contributed by atoms with Crippen LogP contribution in [0.5, 0.6) is 0 Å². The molecule has 0 amide bonds. The van der Waals surface area contributed by atoms with Gasteiger partial charge in [0.05, 0.1) is 5.97 Å². The zero-order chi connectivity index (χ0) is 9.30. The van der Waals surface area contributed by atoms with Crippen molar-refractivity contribution in [2.45, 2.75) is 20.8 Å². The Morgan fingerprint density at radius 1 is 1.15 bits per heavy atom. The zero-order valence-corrected chi connectivity index (χ0v) is 11.6. The molecule has 0 unspecified atom stereocenters. The molecule has 0 aliphatic carbocycles. The molecule has 64 valence electrons. The number of carbonyl (C=O) groups is 1. The van der Waals surface area contributed by atoms with Crippen LogP contribution in [0.1, 0.15) is 27.0 Å². The van der Waals surface area contributed by atoms with Crippen LogP contribution in [-0.4, -0.2) is 5.97 Å². The first-order valence-electron chi connectivity index (χ1n) is 3.81. The first-order valence-corrected chi connectivity index (χ1v) is 3.81. The molecular formula is C10H11KO2. The van der Waals surface area contributed by atoms with E-state index in [4.69, 9.17) is 0 Å². The summed E-state index contributed by atoms with van der Waals surface area (Å²) < 4.78 is 0. The van der Waals surface area contributed by atoms with Gasteiger partial charge in [0.15, 0.2) is 0 Å². The first kappa shape index (κ1) is 13.3. The number of carbonyl (C=O) groups excluding carboxylic acids is 1. The Hall–Kier alpha value is 0.326. The molecule has 13 heavy (non-hydrogen) atoms. The van der Waals surface area contributed by atoms with E-state index in [-0.39, 0.29) is 51.4 Å². The molecular weight excluding hydrogens is 191 g/mol. The molecule has 1 aromatic carbocycles. The maximum Gasteiger partial charge on any atom is 1.00 e. The van der Waals surface area contributed by atoms with Crippen molar-refractivity contribution >= 4 is 5.97 Å². The third kappa shape index (κ3) is 3.18. The number of carboxylic acids is 1. The quantitative estimate of drug-likeness (QED) is 0.493. The Kier molecular flexibility index (Phi) is 5.40. The molecule has 2 nitrogen and oxygen atoms in total. The molecule has 1 aromatic rings. The first-order chi connectivity index (χ1) is 5.52. The van der Waals surface area contributed by atoms with Crippen molar-refractivity contribution in [2.75, 3.05) is 0 Å². The molecule has 0 spiro atoms. The van der Waals surface area contributed by atoms with Crippen LogP contribution in [0.15, 0.2) is 12.1 Å². The minimum absolute atomic E-state index is 0. The second-order valence-corrected chi connectivity index (χ2v) is 3.06. The molecule has 0 radical (unpaired) electrons. The van der Waals surface area contributed by atoms with Crippen molar-refractivity contribution in [2.24, 2.45) is 0 Å². The summed E-state index contributed by atoms with van der Waals surface area (Å²) in [5, 5.41) is 10.6. The summed E-state index contributed by atoms with van der Waals surface area (Å²) >= 11 is 0. The van der Waals surface area contributed by atoms with Gasteiger partial charge in [-0.2, -0.15) is 0 Å². The normalized spacial score (nSPS) is 9.15. The minimum Gasteiger partial charge on any atom is -0.545 e. The summed E-state index contributed by atoms with van der Waals surface area (Å²) in [5.41, 5.74) is 2.94. The van der Waals surface area contributed by atoms with E-state index in [1.165, 1.54) is 0 Å².